The van der Waals surface area contributed by atoms with Crippen molar-refractivity contribution in [3.8, 4) is 5.75 Å². The molecule has 130 valence electrons. The van der Waals surface area contributed by atoms with Crippen molar-refractivity contribution in [3.05, 3.63) is 59.1 Å². The molecule has 1 saturated heterocycles. The summed E-state index contributed by atoms with van der Waals surface area (Å²) in [5.74, 6) is 0.433. The summed E-state index contributed by atoms with van der Waals surface area (Å²) in [7, 11) is 1.58. The molecule has 0 N–H and O–H groups in total. The minimum atomic E-state index is -0.529. The summed E-state index contributed by atoms with van der Waals surface area (Å²) in [6.45, 7) is 2.68. The number of rotatable bonds is 3. The monoisotopic (exact) mass is 358 g/mol. The molecule has 0 aromatic heterocycles. The Morgan fingerprint density at radius 1 is 1.08 bits per heavy atom. The molecule has 1 heterocycles. The van der Waals surface area contributed by atoms with Crippen molar-refractivity contribution in [2.24, 2.45) is 0 Å². The quantitative estimate of drug-likeness (QED) is 0.846. The highest BCUT2D eigenvalue weighted by molar-refractivity contribution is 6.30. The number of hydrogen-bond donors (Lipinski definition) is 0. The smallest absolute Gasteiger partial charge is 0.254 e. The van der Waals surface area contributed by atoms with Crippen LogP contribution in [0.3, 0.4) is 0 Å². The van der Waals surface area contributed by atoms with Crippen molar-refractivity contribution >= 4 is 29.1 Å². The van der Waals surface area contributed by atoms with E-state index in [1.54, 1.807) is 60.2 Å². The van der Waals surface area contributed by atoms with Crippen LogP contribution in [0, 0.1) is 0 Å². The minimum Gasteiger partial charge on any atom is -0.497 e. The Morgan fingerprint density at radius 2 is 1.72 bits per heavy atom. The maximum atomic E-state index is 12.7. The van der Waals surface area contributed by atoms with Crippen molar-refractivity contribution in [1.29, 1.82) is 0 Å². The number of anilines is 1. The molecule has 5 nitrogen and oxygen atoms in total. The van der Waals surface area contributed by atoms with Crippen LogP contribution >= 0.6 is 11.6 Å². The van der Waals surface area contributed by atoms with E-state index < -0.39 is 6.04 Å². The van der Waals surface area contributed by atoms with E-state index >= 15 is 0 Å². The maximum absolute atomic E-state index is 12.7. The Labute approximate surface area is 151 Å². The third kappa shape index (κ3) is 3.46. The summed E-state index contributed by atoms with van der Waals surface area (Å²) in [5, 5.41) is 0.623. The SMILES string of the molecule is COc1ccc(C(=O)N2CCN(c3ccc(Cl)cc3)C(=O)[C@H]2C)cc1. The van der Waals surface area contributed by atoms with Gasteiger partial charge in [-0.25, -0.2) is 0 Å². The summed E-state index contributed by atoms with van der Waals surface area (Å²) in [6.07, 6.45) is 0. The van der Waals surface area contributed by atoms with Gasteiger partial charge in [0.05, 0.1) is 7.11 Å². The topological polar surface area (TPSA) is 49.9 Å². The Kier molecular flexibility index (Phi) is 4.95. The van der Waals surface area contributed by atoms with E-state index in [2.05, 4.69) is 0 Å². The molecule has 0 saturated carbocycles. The molecule has 0 aliphatic carbocycles. The van der Waals surface area contributed by atoms with Gasteiger partial charge in [-0.1, -0.05) is 11.6 Å². The van der Waals surface area contributed by atoms with Crippen molar-refractivity contribution in [2.45, 2.75) is 13.0 Å². The standard InChI is InChI=1S/C19H19ClN2O3/c1-13-18(23)22(16-7-5-15(20)6-8-16)12-11-21(13)19(24)14-3-9-17(25-2)10-4-14/h3-10,13H,11-12H2,1-2H3/t13-/m1/s1. The van der Waals surface area contributed by atoms with Crippen LogP contribution < -0.4 is 9.64 Å². The zero-order chi connectivity index (χ0) is 18.0. The summed E-state index contributed by atoms with van der Waals surface area (Å²) in [4.78, 5) is 28.8. The summed E-state index contributed by atoms with van der Waals surface area (Å²) in [6, 6.07) is 13.5. The van der Waals surface area contributed by atoms with Gasteiger partial charge in [-0.15, -0.1) is 0 Å². The van der Waals surface area contributed by atoms with Gasteiger partial charge in [0.15, 0.2) is 0 Å². The molecule has 0 unspecified atom stereocenters. The number of halogens is 1. The Hall–Kier alpha value is -2.53. The Morgan fingerprint density at radius 3 is 2.32 bits per heavy atom. The Bertz CT molecular complexity index is 774. The molecule has 2 aromatic carbocycles. The second-order valence-electron chi connectivity index (χ2n) is 5.87. The predicted octanol–water partition coefficient (Wildman–Crippen LogP) is 3.23. The van der Waals surface area contributed by atoms with Gasteiger partial charge in [-0.05, 0) is 55.5 Å². The number of piperazine rings is 1. The first-order valence-electron chi connectivity index (χ1n) is 8.03. The highest BCUT2D eigenvalue weighted by Gasteiger charge is 2.35. The molecule has 1 atom stereocenters. The number of hydrogen-bond acceptors (Lipinski definition) is 3. The van der Waals surface area contributed by atoms with E-state index in [0.717, 1.165) is 5.69 Å². The second kappa shape index (κ2) is 7.15. The van der Waals surface area contributed by atoms with Gasteiger partial charge in [0.25, 0.3) is 5.91 Å². The third-order valence-corrected chi connectivity index (χ3v) is 4.64. The Balaban J connectivity index is 1.76. The summed E-state index contributed by atoms with van der Waals surface area (Å²) >= 11 is 5.90. The molecule has 3 rings (SSSR count). The van der Waals surface area contributed by atoms with Gasteiger partial charge in [0, 0.05) is 29.4 Å². The molecule has 0 spiro atoms. The third-order valence-electron chi connectivity index (χ3n) is 4.39. The van der Waals surface area contributed by atoms with Crippen LogP contribution in [0.25, 0.3) is 0 Å². The van der Waals surface area contributed by atoms with Gasteiger partial charge in [0.1, 0.15) is 11.8 Å². The second-order valence-corrected chi connectivity index (χ2v) is 6.31. The first-order chi connectivity index (χ1) is 12.0. The minimum absolute atomic E-state index is 0.101. The van der Waals surface area contributed by atoms with Crippen LogP contribution in [0.4, 0.5) is 5.69 Å². The molecule has 2 amide bonds. The lowest BCUT2D eigenvalue weighted by atomic mass is 10.1. The lowest BCUT2D eigenvalue weighted by Gasteiger charge is -2.39. The molecule has 1 aliphatic rings. The number of carbonyl (C=O) groups excluding carboxylic acids is 2. The molecule has 0 radical (unpaired) electrons. The van der Waals surface area contributed by atoms with Gasteiger partial charge in [0.2, 0.25) is 5.91 Å². The zero-order valence-corrected chi connectivity index (χ0v) is 14.9. The van der Waals surface area contributed by atoms with Crippen molar-refractivity contribution in [3.63, 3.8) is 0 Å². The summed E-state index contributed by atoms with van der Waals surface area (Å²) in [5.41, 5.74) is 1.33. The number of ether oxygens (including phenoxy) is 1. The molecule has 2 aromatic rings. The molecular weight excluding hydrogens is 340 g/mol. The predicted molar refractivity (Wildman–Crippen MR) is 97.3 cm³/mol. The highest BCUT2D eigenvalue weighted by Crippen LogP contribution is 2.24. The average molecular weight is 359 g/mol. The van der Waals surface area contributed by atoms with Crippen LogP contribution in [0.5, 0.6) is 5.75 Å². The zero-order valence-electron chi connectivity index (χ0n) is 14.1. The van der Waals surface area contributed by atoms with Crippen molar-refractivity contribution in [1.82, 2.24) is 4.90 Å². The van der Waals surface area contributed by atoms with E-state index in [9.17, 15) is 9.59 Å². The molecule has 1 aliphatic heterocycles. The normalized spacial score (nSPS) is 17.6. The van der Waals surface area contributed by atoms with Gasteiger partial charge in [-0.3, -0.25) is 9.59 Å². The lowest BCUT2D eigenvalue weighted by molar-refractivity contribution is -0.124. The van der Waals surface area contributed by atoms with E-state index in [1.165, 1.54) is 0 Å². The fraction of sp³-hybridized carbons (Fsp3) is 0.263. The van der Waals surface area contributed by atoms with Crippen molar-refractivity contribution in [2.75, 3.05) is 25.1 Å². The number of carbonyl (C=O) groups is 2. The summed E-state index contributed by atoms with van der Waals surface area (Å²) < 4.78 is 5.11. The largest absolute Gasteiger partial charge is 0.497 e. The fourth-order valence-corrected chi connectivity index (χ4v) is 3.05. The number of methoxy groups -OCH3 is 1. The van der Waals surface area contributed by atoms with Gasteiger partial charge in [-0.2, -0.15) is 0 Å². The van der Waals surface area contributed by atoms with Crippen LogP contribution in [-0.4, -0.2) is 43.0 Å². The first-order valence-corrected chi connectivity index (χ1v) is 8.41. The number of benzene rings is 2. The first kappa shape index (κ1) is 17.3. The maximum Gasteiger partial charge on any atom is 0.254 e. The van der Waals surface area contributed by atoms with Crippen LogP contribution in [0.1, 0.15) is 17.3 Å². The fourth-order valence-electron chi connectivity index (χ4n) is 2.92. The van der Waals surface area contributed by atoms with E-state index in [0.29, 0.717) is 29.4 Å². The molecule has 0 bridgehead atoms. The van der Waals surface area contributed by atoms with Gasteiger partial charge < -0.3 is 14.5 Å². The van der Waals surface area contributed by atoms with Gasteiger partial charge >= 0.3 is 0 Å². The van der Waals surface area contributed by atoms with Crippen LogP contribution in [-0.2, 0) is 4.79 Å². The van der Waals surface area contributed by atoms with E-state index in [1.807, 2.05) is 12.1 Å². The molecule has 1 fully saturated rings. The van der Waals surface area contributed by atoms with Crippen LogP contribution in [0.15, 0.2) is 48.5 Å². The van der Waals surface area contributed by atoms with Crippen molar-refractivity contribution < 1.29 is 14.3 Å². The molecule has 6 heteroatoms. The highest BCUT2D eigenvalue weighted by atomic mass is 35.5. The molecular formula is C19H19ClN2O3. The van der Waals surface area contributed by atoms with Crippen LogP contribution in [0.2, 0.25) is 5.02 Å². The average Bonchev–Trinajstić information content (AvgIpc) is 2.64. The van der Waals surface area contributed by atoms with E-state index in [4.69, 9.17) is 16.3 Å². The molecule has 25 heavy (non-hydrogen) atoms. The lowest BCUT2D eigenvalue weighted by Crippen LogP contribution is -2.57. The number of amides is 2. The van der Waals surface area contributed by atoms with E-state index in [-0.39, 0.29) is 11.8 Å². The number of nitrogens with zero attached hydrogens (tertiary/aromatic N) is 2.